The zero-order valence-corrected chi connectivity index (χ0v) is 15.1. The van der Waals surface area contributed by atoms with Crippen LogP contribution in [0.4, 0.5) is 5.69 Å². The smallest absolute Gasteiger partial charge is 0.305 e. The number of hydrogen-bond donors (Lipinski definition) is 1. The van der Waals surface area contributed by atoms with Crippen LogP contribution in [0.2, 0.25) is 0 Å². The Morgan fingerprint density at radius 3 is 2.80 bits per heavy atom. The highest BCUT2D eigenvalue weighted by Crippen LogP contribution is 2.38. The number of allylic oxidation sites excluding steroid dienone is 2. The van der Waals surface area contributed by atoms with E-state index in [-0.39, 0.29) is 18.9 Å². The lowest BCUT2D eigenvalue weighted by molar-refractivity contribution is -0.137. The van der Waals surface area contributed by atoms with E-state index in [2.05, 4.69) is 0 Å². The molecule has 8 heteroatoms. The molecule has 1 saturated heterocycles. The number of thiocarbonyl (C=S) groups is 1. The maximum atomic E-state index is 12.4. The van der Waals surface area contributed by atoms with Crippen LogP contribution in [0.15, 0.2) is 47.2 Å². The van der Waals surface area contributed by atoms with Crippen LogP contribution in [0.3, 0.4) is 0 Å². The molecule has 0 aliphatic carbocycles. The molecule has 0 atom stereocenters. The van der Waals surface area contributed by atoms with Gasteiger partial charge in [-0.1, -0.05) is 36.1 Å². The predicted octanol–water partition coefficient (Wildman–Crippen LogP) is 2.97. The molecule has 0 saturated carbocycles. The van der Waals surface area contributed by atoms with Gasteiger partial charge in [-0.25, -0.2) is 0 Å². The first-order chi connectivity index (χ1) is 12.0. The summed E-state index contributed by atoms with van der Waals surface area (Å²) in [6.07, 6.45) is 3.28. The van der Waals surface area contributed by atoms with Gasteiger partial charge in [0.25, 0.3) is 5.91 Å². The second kappa shape index (κ2) is 7.28. The van der Waals surface area contributed by atoms with Crippen molar-refractivity contribution in [2.24, 2.45) is 0 Å². The van der Waals surface area contributed by atoms with Crippen molar-refractivity contribution in [2.75, 3.05) is 18.0 Å². The van der Waals surface area contributed by atoms with Crippen molar-refractivity contribution in [1.82, 2.24) is 4.90 Å². The predicted molar refractivity (Wildman–Crippen MR) is 100 cm³/mol. The normalized spacial score (nSPS) is 19.7. The molecule has 25 heavy (non-hydrogen) atoms. The molecule has 1 N–H and O–H groups in total. The van der Waals surface area contributed by atoms with E-state index in [1.54, 1.807) is 12.2 Å². The molecule has 1 fully saturated rings. The third-order valence-corrected chi connectivity index (χ3v) is 5.15. The van der Waals surface area contributed by atoms with Gasteiger partial charge in [-0.3, -0.25) is 14.5 Å². The minimum Gasteiger partial charge on any atom is -0.481 e. The number of para-hydroxylation sites is 2. The maximum Gasteiger partial charge on any atom is 0.305 e. The number of carboxylic acids is 1. The number of nitrogens with zero attached hydrogens (tertiary/aromatic N) is 2. The number of aliphatic carboxylic acids is 1. The zero-order chi connectivity index (χ0) is 18.0. The fourth-order valence-electron chi connectivity index (χ4n) is 2.56. The lowest BCUT2D eigenvalue weighted by atomic mass is 10.3. The highest BCUT2D eigenvalue weighted by atomic mass is 32.2. The summed E-state index contributed by atoms with van der Waals surface area (Å²) < 4.78 is 6.21. The molecule has 3 rings (SSSR count). The SMILES string of the molecule is CCN1C(=CC=C2SC(=S)N(CCC(=O)O)C2=O)Oc2ccccc21. The molecule has 130 valence electrons. The van der Waals surface area contributed by atoms with E-state index in [1.807, 2.05) is 36.1 Å². The quantitative estimate of drug-likeness (QED) is 0.626. The number of anilines is 1. The van der Waals surface area contributed by atoms with Crippen LogP contribution in [-0.4, -0.2) is 39.3 Å². The number of hydrogen-bond acceptors (Lipinski definition) is 6. The van der Waals surface area contributed by atoms with Crippen molar-refractivity contribution in [3.63, 3.8) is 0 Å². The second-order valence-electron chi connectivity index (χ2n) is 5.32. The number of ether oxygens (including phenoxy) is 1. The van der Waals surface area contributed by atoms with Gasteiger partial charge in [0.1, 0.15) is 4.32 Å². The first kappa shape index (κ1) is 17.5. The van der Waals surface area contributed by atoms with Gasteiger partial charge in [0.2, 0.25) is 5.88 Å². The highest BCUT2D eigenvalue weighted by Gasteiger charge is 2.32. The Bertz CT molecular complexity index is 804. The Labute approximate surface area is 154 Å². The number of benzene rings is 1. The van der Waals surface area contributed by atoms with Gasteiger partial charge in [-0.2, -0.15) is 0 Å². The van der Waals surface area contributed by atoms with Gasteiger partial charge in [-0.05, 0) is 25.1 Å². The largest absolute Gasteiger partial charge is 0.481 e. The van der Waals surface area contributed by atoms with Crippen LogP contribution < -0.4 is 9.64 Å². The zero-order valence-electron chi connectivity index (χ0n) is 13.5. The highest BCUT2D eigenvalue weighted by molar-refractivity contribution is 8.26. The molecular weight excluding hydrogens is 360 g/mol. The van der Waals surface area contributed by atoms with Crippen LogP contribution in [0.25, 0.3) is 0 Å². The Balaban J connectivity index is 1.78. The average molecular weight is 376 g/mol. The Morgan fingerprint density at radius 1 is 1.32 bits per heavy atom. The van der Waals surface area contributed by atoms with E-state index in [1.165, 1.54) is 16.7 Å². The van der Waals surface area contributed by atoms with Crippen LogP contribution in [-0.2, 0) is 9.59 Å². The van der Waals surface area contributed by atoms with E-state index < -0.39 is 5.97 Å². The summed E-state index contributed by atoms with van der Waals surface area (Å²) in [6.45, 7) is 2.83. The summed E-state index contributed by atoms with van der Waals surface area (Å²) in [7, 11) is 0. The molecule has 1 amide bonds. The van der Waals surface area contributed by atoms with Gasteiger partial charge in [-0.15, -0.1) is 0 Å². The van der Waals surface area contributed by atoms with Crippen LogP contribution in [0.1, 0.15) is 13.3 Å². The average Bonchev–Trinajstić information content (AvgIpc) is 3.07. The number of carbonyl (C=O) groups excluding carboxylic acids is 1. The van der Waals surface area contributed by atoms with Crippen LogP contribution >= 0.6 is 24.0 Å². The Kier molecular flexibility index (Phi) is 5.10. The standard InChI is InChI=1S/C17H16N2O4S2/c1-2-18-11-5-3-4-6-12(11)23-14(18)8-7-13-16(22)19(17(24)25-13)10-9-15(20)21/h3-8H,2,9-10H2,1H3,(H,20,21). The molecule has 0 spiro atoms. The molecule has 1 aromatic rings. The van der Waals surface area contributed by atoms with Crippen molar-refractivity contribution in [3.05, 3.63) is 47.2 Å². The molecule has 0 bridgehead atoms. The third kappa shape index (κ3) is 3.54. The summed E-state index contributed by atoms with van der Waals surface area (Å²) in [6, 6.07) is 7.72. The molecule has 2 aliphatic heterocycles. The number of thioether (sulfide) groups is 1. The van der Waals surface area contributed by atoms with E-state index >= 15 is 0 Å². The van der Waals surface area contributed by atoms with Crippen LogP contribution in [0, 0.1) is 0 Å². The molecule has 1 aromatic carbocycles. The summed E-state index contributed by atoms with van der Waals surface area (Å²) in [4.78, 5) is 26.9. The summed E-state index contributed by atoms with van der Waals surface area (Å²) in [5, 5.41) is 8.77. The van der Waals surface area contributed by atoms with Crippen LogP contribution in [0.5, 0.6) is 5.75 Å². The fraction of sp³-hybridized carbons (Fsp3) is 0.235. The van der Waals surface area contributed by atoms with Gasteiger partial charge in [0.05, 0.1) is 17.0 Å². The van der Waals surface area contributed by atoms with Crippen molar-refractivity contribution in [1.29, 1.82) is 0 Å². The number of amides is 1. The molecule has 2 aliphatic rings. The van der Waals surface area contributed by atoms with E-state index in [0.717, 1.165) is 18.0 Å². The minimum atomic E-state index is -0.962. The number of carbonyl (C=O) groups is 2. The Hall–Kier alpha value is -2.32. The van der Waals surface area contributed by atoms with Crippen molar-refractivity contribution in [3.8, 4) is 5.75 Å². The maximum absolute atomic E-state index is 12.4. The second-order valence-corrected chi connectivity index (χ2v) is 6.99. The lowest BCUT2D eigenvalue weighted by Crippen LogP contribution is -2.30. The molecular formula is C17H16N2O4S2. The van der Waals surface area contributed by atoms with E-state index in [4.69, 9.17) is 22.1 Å². The molecule has 0 unspecified atom stereocenters. The number of rotatable bonds is 5. The van der Waals surface area contributed by atoms with Gasteiger partial charge >= 0.3 is 5.97 Å². The summed E-state index contributed by atoms with van der Waals surface area (Å²) >= 11 is 6.34. The van der Waals surface area contributed by atoms with Gasteiger partial charge < -0.3 is 14.7 Å². The van der Waals surface area contributed by atoms with Gasteiger partial charge in [0.15, 0.2) is 5.75 Å². The Morgan fingerprint density at radius 2 is 2.08 bits per heavy atom. The van der Waals surface area contributed by atoms with E-state index in [9.17, 15) is 9.59 Å². The van der Waals surface area contributed by atoms with Gasteiger partial charge in [0, 0.05) is 19.2 Å². The van der Waals surface area contributed by atoms with Crippen molar-refractivity contribution < 1.29 is 19.4 Å². The molecule has 0 aromatic heterocycles. The molecule has 0 radical (unpaired) electrons. The monoisotopic (exact) mass is 376 g/mol. The number of carboxylic acid groups (broad SMARTS) is 1. The molecule has 6 nitrogen and oxygen atoms in total. The first-order valence-electron chi connectivity index (χ1n) is 7.73. The summed E-state index contributed by atoms with van der Waals surface area (Å²) in [5.41, 5.74) is 0.985. The summed E-state index contributed by atoms with van der Waals surface area (Å²) in [5.74, 6) is 0.181. The molecule has 2 heterocycles. The van der Waals surface area contributed by atoms with E-state index in [0.29, 0.717) is 15.1 Å². The third-order valence-electron chi connectivity index (χ3n) is 3.75. The topological polar surface area (TPSA) is 70.1 Å². The fourth-order valence-corrected chi connectivity index (χ4v) is 3.81. The minimum absolute atomic E-state index is 0.0803. The first-order valence-corrected chi connectivity index (χ1v) is 8.95. The van der Waals surface area contributed by atoms with Crippen molar-refractivity contribution in [2.45, 2.75) is 13.3 Å². The number of fused-ring (bicyclic) bond motifs is 1. The van der Waals surface area contributed by atoms with Crippen molar-refractivity contribution >= 4 is 45.9 Å². The lowest BCUT2D eigenvalue weighted by Gasteiger charge is -2.14.